The van der Waals surface area contributed by atoms with E-state index in [1.54, 1.807) is 4.52 Å². The molecule has 0 saturated heterocycles. The largest absolute Gasteiger partial charge is 0.352 e. The average Bonchev–Trinajstić information content (AvgIpc) is 3.17. The molecular formula is C24H31N5OS. The predicted octanol–water partition coefficient (Wildman–Crippen LogP) is 4.36. The molecule has 0 unspecified atom stereocenters. The average molecular weight is 438 g/mol. The van der Waals surface area contributed by atoms with E-state index in [1.807, 2.05) is 13.0 Å². The smallest absolute Gasteiger partial charge is 0.253 e. The number of hydrogen-bond donors (Lipinski definition) is 1. The molecule has 31 heavy (non-hydrogen) atoms. The van der Waals surface area contributed by atoms with Crippen LogP contribution in [0.15, 0.2) is 35.5 Å². The summed E-state index contributed by atoms with van der Waals surface area (Å²) in [5.74, 6) is 2.15. The molecule has 1 fully saturated rings. The van der Waals surface area contributed by atoms with Crippen LogP contribution in [0.1, 0.15) is 55.6 Å². The van der Waals surface area contributed by atoms with Gasteiger partial charge in [0, 0.05) is 23.9 Å². The molecule has 0 aliphatic heterocycles. The molecule has 0 bridgehead atoms. The van der Waals surface area contributed by atoms with Crippen LogP contribution in [0, 0.1) is 25.7 Å². The molecule has 1 saturated carbocycles. The molecule has 4 rings (SSSR count). The van der Waals surface area contributed by atoms with Gasteiger partial charge in [0.2, 0.25) is 11.1 Å². The van der Waals surface area contributed by atoms with Crippen molar-refractivity contribution in [3.8, 4) is 0 Å². The Balaban J connectivity index is 1.44. The lowest BCUT2D eigenvalue weighted by Gasteiger charge is -2.34. The number of benzene rings is 1. The van der Waals surface area contributed by atoms with Crippen molar-refractivity contribution in [2.75, 3.05) is 5.75 Å². The van der Waals surface area contributed by atoms with Crippen LogP contribution in [-0.2, 0) is 11.2 Å². The second kappa shape index (κ2) is 9.39. The number of thioether (sulfide) groups is 1. The topological polar surface area (TPSA) is 72.2 Å². The summed E-state index contributed by atoms with van der Waals surface area (Å²) in [5, 5.41) is 8.44. The number of aromatic nitrogens is 4. The molecule has 1 aliphatic rings. The maximum Gasteiger partial charge on any atom is 0.253 e. The Morgan fingerprint density at radius 3 is 2.71 bits per heavy atom. The first-order chi connectivity index (χ1) is 14.9. The Hall–Kier alpha value is -2.41. The summed E-state index contributed by atoms with van der Waals surface area (Å²) in [6.07, 6.45) is 4.32. The zero-order valence-corrected chi connectivity index (χ0v) is 19.6. The van der Waals surface area contributed by atoms with Gasteiger partial charge in [0.25, 0.3) is 5.78 Å². The monoisotopic (exact) mass is 437 g/mol. The number of aryl methyl sites for hydroxylation is 2. The van der Waals surface area contributed by atoms with Gasteiger partial charge in [-0.25, -0.2) is 9.50 Å². The highest BCUT2D eigenvalue weighted by atomic mass is 32.2. The van der Waals surface area contributed by atoms with Crippen molar-refractivity contribution in [1.82, 2.24) is 24.9 Å². The standard InChI is InChI=1S/C24H31N5OS/c1-15-9-8-12-21(16(15)2)26-22(30)14-31-24-27-23-25-17(3)20(18(4)29(23)28-24)13-19-10-6-5-7-11-19/h5-7,10-11,15-16,21H,8-9,12-14H2,1-4H3,(H,26,30)/t15-,16+,21+/m0/s1. The summed E-state index contributed by atoms with van der Waals surface area (Å²) in [5.41, 5.74) is 4.42. The van der Waals surface area contributed by atoms with Crippen LogP contribution in [0.4, 0.5) is 0 Å². The lowest BCUT2D eigenvalue weighted by molar-refractivity contribution is -0.120. The quantitative estimate of drug-likeness (QED) is 0.580. The first-order valence-electron chi connectivity index (χ1n) is 11.1. The summed E-state index contributed by atoms with van der Waals surface area (Å²) in [6, 6.07) is 10.7. The normalized spacial score (nSPS) is 21.4. The van der Waals surface area contributed by atoms with E-state index in [-0.39, 0.29) is 11.9 Å². The lowest BCUT2D eigenvalue weighted by Crippen LogP contribution is -2.44. The molecule has 0 spiro atoms. The number of fused-ring (bicyclic) bond motifs is 1. The van der Waals surface area contributed by atoms with E-state index >= 15 is 0 Å². The fourth-order valence-corrected chi connectivity index (χ4v) is 5.10. The Labute approximate surface area is 188 Å². The molecular weight excluding hydrogens is 406 g/mol. The minimum atomic E-state index is 0.0560. The Kier molecular flexibility index (Phi) is 6.60. The first-order valence-corrected chi connectivity index (χ1v) is 12.1. The van der Waals surface area contributed by atoms with E-state index in [4.69, 9.17) is 0 Å². The van der Waals surface area contributed by atoms with Gasteiger partial charge in [-0.3, -0.25) is 4.79 Å². The minimum absolute atomic E-state index is 0.0560. The number of hydrogen-bond acceptors (Lipinski definition) is 5. The number of nitrogens with one attached hydrogen (secondary N) is 1. The second-order valence-corrected chi connectivity index (χ2v) is 9.70. The third-order valence-corrected chi connectivity index (χ3v) is 7.48. The molecule has 1 aliphatic carbocycles. The fraction of sp³-hybridized carbons (Fsp3) is 0.500. The van der Waals surface area contributed by atoms with E-state index in [9.17, 15) is 4.79 Å². The maximum atomic E-state index is 12.5. The molecule has 3 aromatic rings. The van der Waals surface area contributed by atoms with Crippen LogP contribution < -0.4 is 5.32 Å². The number of carbonyl (C=O) groups excluding carboxylic acids is 1. The van der Waals surface area contributed by atoms with Crippen LogP contribution in [0.25, 0.3) is 5.78 Å². The third-order valence-electron chi connectivity index (χ3n) is 6.64. The molecule has 2 aromatic heterocycles. The van der Waals surface area contributed by atoms with Crippen molar-refractivity contribution >= 4 is 23.4 Å². The van der Waals surface area contributed by atoms with Crippen LogP contribution in [0.2, 0.25) is 0 Å². The maximum absolute atomic E-state index is 12.5. The summed E-state index contributed by atoms with van der Waals surface area (Å²) >= 11 is 1.37. The van der Waals surface area contributed by atoms with Gasteiger partial charge in [0.05, 0.1) is 5.75 Å². The highest BCUT2D eigenvalue weighted by molar-refractivity contribution is 7.99. The van der Waals surface area contributed by atoms with Crippen molar-refractivity contribution < 1.29 is 4.79 Å². The summed E-state index contributed by atoms with van der Waals surface area (Å²) in [7, 11) is 0. The van der Waals surface area contributed by atoms with Crippen LogP contribution in [0.5, 0.6) is 0 Å². The molecule has 1 aromatic carbocycles. The van der Waals surface area contributed by atoms with Gasteiger partial charge in [-0.15, -0.1) is 5.10 Å². The Morgan fingerprint density at radius 2 is 1.94 bits per heavy atom. The van der Waals surface area contributed by atoms with E-state index in [1.165, 1.54) is 35.7 Å². The van der Waals surface area contributed by atoms with Crippen LogP contribution in [-0.4, -0.2) is 37.3 Å². The zero-order valence-electron chi connectivity index (χ0n) is 18.8. The van der Waals surface area contributed by atoms with Crippen molar-refractivity contribution in [2.45, 2.75) is 64.6 Å². The van der Waals surface area contributed by atoms with Gasteiger partial charge in [-0.05, 0) is 43.2 Å². The van der Waals surface area contributed by atoms with Crippen molar-refractivity contribution in [3.05, 3.63) is 52.8 Å². The van der Waals surface area contributed by atoms with Crippen molar-refractivity contribution in [3.63, 3.8) is 0 Å². The SMILES string of the molecule is Cc1nc2nc(SCC(=O)N[C@@H]3CCC[C@H](C)[C@H]3C)nn2c(C)c1Cc1ccccc1. The van der Waals surface area contributed by atoms with Crippen LogP contribution in [0.3, 0.4) is 0 Å². The zero-order chi connectivity index (χ0) is 22.0. The van der Waals surface area contributed by atoms with E-state index < -0.39 is 0 Å². The summed E-state index contributed by atoms with van der Waals surface area (Å²) in [4.78, 5) is 21.7. The summed E-state index contributed by atoms with van der Waals surface area (Å²) < 4.78 is 1.80. The van der Waals surface area contributed by atoms with Crippen molar-refractivity contribution in [2.24, 2.45) is 11.8 Å². The van der Waals surface area contributed by atoms with Gasteiger partial charge in [-0.1, -0.05) is 68.8 Å². The highest BCUT2D eigenvalue weighted by Crippen LogP contribution is 2.29. The summed E-state index contributed by atoms with van der Waals surface area (Å²) in [6.45, 7) is 8.60. The van der Waals surface area contributed by atoms with Gasteiger partial charge in [-0.2, -0.15) is 4.98 Å². The molecule has 164 valence electrons. The molecule has 7 heteroatoms. The molecule has 3 atom stereocenters. The molecule has 2 heterocycles. The molecule has 1 amide bonds. The number of carbonyl (C=O) groups is 1. The van der Waals surface area contributed by atoms with Gasteiger partial charge >= 0.3 is 0 Å². The Morgan fingerprint density at radius 1 is 1.16 bits per heavy atom. The van der Waals surface area contributed by atoms with Gasteiger partial charge < -0.3 is 5.32 Å². The highest BCUT2D eigenvalue weighted by Gasteiger charge is 2.28. The first kappa shape index (κ1) is 21.8. The molecule has 6 nitrogen and oxygen atoms in total. The number of rotatable bonds is 6. The Bertz CT molecular complexity index is 1060. The fourth-order valence-electron chi connectivity index (χ4n) is 4.47. The predicted molar refractivity (Wildman–Crippen MR) is 124 cm³/mol. The van der Waals surface area contributed by atoms with Crippen LogP contribution >= 0.6 is 11.8 Å². The second-order valence-electron chi connectivity index (χ2n) is 8.76. The third kappa shape index (κ3) is 4.92. The number of amides is 1. The van der Waals surface area contributed by atoms with Gasteiger partial charge in [0.15, 0.2) is 0 Å². The lowest BCUT2D eigenvalue weighted by atomic mass is 9.78. The van der Waals surface area contributed by atoms with E-state index in [0.717, 1.165) is 24.2 Å². The molecule has 1 N–H and O–H groups in total. The van der Waals surface area contributed by atoms with E-state index in [2.05, 4.69) is 65.4 Å². The van der Waals surface area contributed by atoms with E-state index in [0.29, 0.717) is 28.5 Å². The van der Waals surface area contributed by atoms with Crippen molar-refractivity contribution in [1.29, 1.82) is 0 Å². The van der Waals surface area contributed by atoms with Gasteiger partial charge in [0.1, 0.15) is 0 Å². The minimum Gasteiger partial charge on any atom is -0.352 e. The molecule has 0 radical (unpaired) electrons. The number of nitrogens with zero attached hydrogens (tertiary/aromatic N) is 4.